The van der Waals surface area contributed by atoms with Gasteiger partial charge in [-0.15, -0.1) is 0 Å². The predicted octanol–water partition coefficient (Wildman–Crippen LogP) is 5.98. The molecule has 0 radical (unpaired) electrons. The first-order valence-corrected chi connectivity index (χ1v) is 16.3. The maximum Gasteiger partial charge on any atom is 0.268 e. The van der Waals surface area contributed by atoms with Crippen molar-refractivity contribution in [3.05, 3.63) is 0 Å². The number of likely N-dealkylation sites (N-methyl/N-ethyl adjacent to an activating group) is 1. The average molecular weight is 551 g/mol. The van der Waals surface area contributed by atoms with Crippen molar-refractivity contribution in [1.82, 2.24) is 5.32 Å². The molecule has 0 fully saturated rings. The molecule has 0 aromatic heterocycles. The lowest BCUT2D eigenvalue weighted by Gasteiger charge is -2.28. The number of carbonyl (C=O) groups excluding carboxylic acids is 1. The SMILES string of the molecule is CCCCCCCCCCCC(=O)NCC(COP(=O)([O-])OCC[N+](C)(C)C)OCCCCCCCC. The second-order valence-electron chi connectivity index (χ2n) is 11.2. The Balaban J connectivity index is 4.34. The van der Waals surface area contributed by atoms with Gasteiger partial charge in [0.15, 0.2) is 0 Å². The number of phosphoric ester groups is 1. The van der Waals surface area contributed by atoms with Crippen molar-refractivity contribution in [3.63, 3.8) is 0 Å². The first-order chi connectivity index (χ1) is 17.6. The molecule has 0 spiro atoms. The zero-order valence-corrected chi connectivity index (χ0v) is 25.7. The van der Waals surface area contributed by atoms with Gasteiger partial charge in [0.1, 0.15) is 13.2 Å². The van der Waals surface area contributed by atoms with Crippen molar-refractivity contribution in [2.24, 2.45) is 0 Å². The second-order valence-corrected chi connectivity index (χ2v) is 12.6. The lowest BCUT2D eigenvalue weighted by molar-refractivity contribution is -0.870. The van der Waals surface area contributed by atoms with Gasteiger partial charge in [-0.25, -0.2) is 0 Å². The number of amides is 1. The fourth-order valence-corrected chi connectivity index (χ4v) is 4.58. The summed E-state index contributed by atoms with van der Waals surface area (Å²) in [6.45, 7) is 5.60. The number of quaternary nitrogens is 1. The van der Waals surface area contributed by atoms with E-state index in [2.05, 4.69) is 19.2 Å². The summed E-state index contributed by atoms with van der Waals surface area (Å²) >= 11 is 0. The molecule has 0 aliphatic carbocycles. The lowest BCUT2D eigenvalue weighted by Crippen LogP contribution is -2.38. The van der Waals surface area contributed by atoms with Gasteiger partial charge in [-0.05, 0) is 12.8 Å². The average Bonchev–Trinajstić information content (AvgIpc) is 2.82. The van der Waals surface area contributed by atoms with Crippen LogP contribution >= 0.6 is 7.82 Å². The van der Waals surface area contributed by atoms with Gasteiger partial charge < -0.3 is 28.5 Å². The third-order valence-electron chi connectivity index (χ3n) is 6.32. The van der Waals surface area contributed by atoms with Gasteiger partial charge in [0.25, 0.3) is 7.82 Å². The number of hydrogen-bond acceptors (Lipinski definition) is 6. The Morgan fingerprint density at radius 3 is 1.84 bits per heavy atom. The summed E-state index contributed by atoms with van der Waals surface area (Å²) in [5.74, 6) is -0.0272. The molecule has 0 heterocycles. The van der Waals surface area contributed by atoms with Crippen LogP contribution in [0.15, 0.2) is 0 Å². The van der Waals surface area contributed by atoms with Gasteiger partial charge >= 0.3 is 0 Å². The van der Waals surface area contributed by atoms with E-state index in [9.17, 15) is 14.3 Å². The number of unbranched alkanes of at least 4 members (excludes halogenated alkanes) is 13. The number of hydrogen-bond donors (Lipinski definition) is 1. The van der Waals surface area contributed by atoms with Gasteiger partial charge in [0.05, 0.1) is 33.9 Å². The second kappa shape index (κ2) is 23.4. The standard InChI is InChI=1S/C28H59N2O6P/c1-6-8-10-12-14-15-16-17-19-21-28(31)29-25-27(34-23-20-18-13-11-9-7-2)26-36-37(32,33)35-24-22-30(3,4)5/h27H,6-26H2,1-5H3,(H-,29,31,32,33). The van der Waals surface area contributed by atoms with Crippen molar-refractivity contribution in [3.8, 4) is 0 Å². The first kappa shape index (κ1) is 36.5. The third kappa shape index (κ3) is 26.9. The number of rotatable bonds is 27. The number of nitrogens with one attached hydrogen (secondary N) is 1. The summed E-state index contributed by atoms with van der Waals surface area (Å²) in [6.07, 6.45) is 17.6. The molecule has 1 N–H and O–H groups in total. The summed E-state index contributed by atoms with van der Waals surface area (Å²) in [4.78, 5) is 24.5. The van der Waals surface area contributed by atoms with Crippen molar-refractivity contribution < 1.29 is 32.5 Å². The predicted molar refractivity (Wildman–Crippen MR) is 150 cm³/mol. The molecule has 0 saturated heterocycles. The fraction of sp³-hybridized carbons (Fsp3) is 0.964. The number of nitrogens with zero attached hydrogens (tertiary/aromatic N) is 1. The zero-order valence-electron chi connectivity index (χ0n) is 24.8. The van der Waals surface area contributed by atoms with E-state index in [1.54, 1.807) is 0 Å². The number of carbonyl (C=O) groups is 1. The molecule has 0 saturated carbocycles. The Morgan fingerprint density at radius 2 is 1.30 bits per heavy atom. The third-order valence-corrected chi connectivity index (χ3v) is 7.28. The Morgan fingerprint density at radius 1 is 0.784 bits per heavy atom. The molecule has 37 heavy (non-hydrogen) atoms. The summed E-state index contributed by atoms with van der Waals surface area (Å²) < 4.78 is 28.8. The molecule has 8 nitrogen and oxygen atoms in total. The Bertz CT molecular complexity index is 586. The lowest BCUT2D eigenvalue weighted by atomic mass is 10.1. The van der Waals surface area contributed by atoms with Gasteiger partial charge in [-0.2, -0.15) is 0 Å². The number of phosphoric acid groups is 1. The van der Waals surface area contributed by atoms with Gasteiger partial charge in [0, 0.05) is 19.6 Å². The molecule has 9 heteroatoms. The minimum absolute atomic E-state index is 0.0272. The van der Waals surface area contributed by atoms with Gasteiger partial charge in [0.2, 0.25) is 5.91 Å². The largest absolute Gasteiger partial charge is 0.756 e. The highest BCUT2D eigenvalue weighted by atomic mass is 31.2. The molecule has 2 unspecified atom stereocenters. The molecular formula is C28H59N2O6P. The minimum Gasteiger partial charge on any atom is -0.756 e. The van der Waals surface area contributed by atoms with Crippen LogP contribution in [-0.2, 0) is 23.1 Å². The Hall–Kier alpha value is -0.500. The summed E-state index contributed by atoms with van der Waals surface area (Å²) in [5, 5.41) is 2.90. The molecule has 1 amide bonds. The summed E-state index contributed by atoms with van der Waals surface area (Å²) in [6, 6.07) is 0. The zero-order chi connectivity index (χ0) is 27.8. The maximum atomic E-state index is 12.3. The summed E-state index contributed by atoms with van der Waals surface area (Å²) in [7, 11) is 1.46. The van der Waals surface area contributed by atoms with E-state index in [1.807, 2.05) is 21.1 Å². The van der Waals surface area contributed by atoms with Crippen LogP contribution in [0.25, 0.3) is 0 Å². The van der Waals surface area contributed by atoms with Crippen LogP contribution < -0.4 is 10.2 Å². The molecule has 0 bridgehead atoms. The van der Waals surface area contributed by atoms with E-state index in [0.717, 1.165) is 25.7 Å². The van der Waals surface area contributed by atoms with E-state index in [0.29, 0.717) is 24.1 Å². The van der Waals surface area contributed by atoms with Crippen molar-refractivity contribution in [2.75, 3.05) is 54.1 Å². The molecule has 0 aromatic rings. The van der Waals surface area contributed by atoms with E-state index < -0.39 is 13.9 Å². The maximum absolute atomic E-state index is 12.3. The van der Waals surface area contributed by atoms with E-state index >= 15 is 0 Å². The highest BCUT2D eigenvalue weighted by Gasteiger charge is 2.18. The minimum atomic E-state index is -4.43. The molecule has 222 valence electrons. The number of ether oxygens (including phenoxy) is 1. The van der Waals surface area contributed by atoms with Crippen LogP contribution in [0.4, 0.5) is 0 Å². The van der Waals surface area contributed by atoms with Gasteiger partial charge in [-0.1, -0.05) is 97.3 Å². The molecule has 0 aliphatic heterocycles. The molecule has 0 rings (SSSR count). The quantitative estimate of drug-likeness (QED) is 0.0768. The summed E-state index contributed by atoms with van der Waals surface area (Å²) in [5.41, 5.74) is 0. The Labute approximate surface area is 228 Å². The fourth-order valence-electron chi connectivity index (χ4n) is 3.85. The molecule has 0 aromatic carbocycles. The first-order valence-electron chi connectivity index (χ1n) is 14.9. The van der Waals surface area contributed by atoms with Crippen molar-refractivity contribution in [1.29, 1.82) is 0 Å². The van der Waals surface area contributed by atoms with Crippen LogP contribution in [0.1, 0.15) is 117 Å². The Kier molecular flexibility index (Phi) is 23.1. The van der Waals surface area contributed by atoms with Crippen LogP contribution in [0, 0.1) is 0 Å². The smallest absolute Gasteiger partial charge is 0.268 e. The van der Waals surface area contributed by atoms with Crippen molar-refractivity contribution >= 4 is 13.7 Å². The molecule has 0 aliphatic rings. The normalized spacial score (nSPS) is 14.4. The van der Waals surface area contributed by atoms with E-state index in [-0.39, 0.29) is 25.7 Å². The molecule has 2 atom stereocenters. The van der Waals surface area contributed by atoms with Crippen LogP contribution in [0.3, 0.4) is 0 Å². The highest BCUT2D eigenvalue weighted by Crippen LogP contribution is 2.38. The van der Waals surface area contributed by atoms with Crippen LogP contribution in [-0.4, -0.2) is 70.5 Å². The molecular weight excluding hydrogens is 491 g/mol. The van der Waals surface area contributed by atoms with Crippen molar-refractivity contribution in [2.45, 2.75) is 123 Å². The highest BCUT2D eigenvalue weighted by molar-refractivity contribution is 7.45. The van der Waals surface area contributed by atoms with E-state index in [1.165, 1.54) is 70.6 Å². The van der Waals surface area contributed by atoms with Crippen LogP contribution in [0.5, 0.6) is 0 Å². The topological polar surface area (TPSA) is 96.9 Å². The monoisotopic (exact) mass is 550 g/mol. The van der Waals surface area contributed by atoms with E-state index in [4.69, 9.17) is 13.8 Å². The van der Waals surface area contributed by atoms with Gasteiger partial charge in [-0.3, -0.25) is 9.36 Å². The van der Waals surface area contributed by atoms with Crippen LogP contribution in [0.2, 0.25) is 0 Å².